The van der Waals surface area contributed by atoms with E-state index in [0.29, 0.717) is 24.1 Å². The Balaban J connectivity index is 1.72. The second-order valence-electron chi connectivity index (χ2n) is 4.99. The van der Waals surface area contributed by atoms with Crippen molar-refractivity contribution < 1.29 is 8.78 Å². The maximum Gasteiger partial charge on any atom is 0.161 e. The quantitative estimate of drug-likeness (QED) is 0.792. The van der Waals surface area contributed by atoms with Gasteiger partial charge in [0.05, 0.1) is 17.4 Å². The van der Waals surface area contributed by atoms with E-state index >= 15 is 0 Å². The highest BCUT2D eigenvalue weighted by Crippen LogP contribution is 2.17. The minimum absolute atomic E-state index is 0.462. The zero-order chi connectivity index (χ0) is 14.8. The van der Waals surface area contributed by atoms with Crippen molar-refractivity contribution in [2.45, 2.75) is 13.5 Å². The number of hydrogen-bond acceptors (Lipinski definition) is 2. The number of halogens is 2. The summed E-state index contributed by atoms with van der Waals surface area (Å²) < 4.78 is 28.2. The molecule has 1 N–H and O–H groups in total. The zero-order valence-corrected chi connectivity index (χ0v) is 11.6. The fourth-order valence-electron chi connectivity index (χ4n) is 2.31. The van der Waals surface area contributed by atoms with Crippen LogP contribution in [0.2, 0.25) is 0 Å². The topological polar surface area (TPSA) is 29.9 Å². The first kappa shape index (κ1) is 13.5. The molecule has 0 saturated heterocycles. The van der Waals surface area contributed by atoms with Crippen molar-refractivity contribution in [3.8, 4) is 0 Å². The first-order valence-electron chi connectivity index (χ1n) is 6.74. The highest BCUT2D eigenvalue weighted by molar-refractivity contribution is 5.75. The van der Waals surface area contributed by atoms with Crippen LogP contribution in [0.15, 0.2) is 42.7 Å². The van der Waals surface area contributed by atoms with Crippen molar-refractivity contribution in [2.24, 2.45) is 0 Å². The summed E-state index contributed by atoms with van der Waals surface area (Å²) in [6.07, 6.45) is 1.60. The average molecular weight is 287 g/mol. The Kier molecular flexibility index (Phi) is 3.56. The molecule has 0 atom stereocenters. The number of rotatable bonds is 4. The van der Waals surface area contributed by atoms with Gasteiger partial charge < -0.3 is 9.88 Å². The SMILES string of the molecule is Cc1cccc(NCCn2cnc3cc(F)c(F)cc32)c1. The van der Waals surface area contributed by atoms with Crippen molar-refractivity contribution in [3.05, 3.63) is 59.9 Å². The molecule has 0 aliphatic heterocycles. The third kappa shape index (κ3) is 2.86. The smallest absolute Gasteiger partial charge is 0.161 e. The Morgan fingerprint density at radius 2 is 1.95 bits per heavy atom. The number of nitrogens with zero attached hydrogens (tertiary/aromatic N) is 2. The van der Waals surface area contributed by atoms with Crippen LogP contribution in [-0.4, -0.2) is 16.1 Å². The number of nitrogens with one attached hydrogen (secondary N) is 1. The van der Waals surface area contributed by atoms with Gasteiger partial charge in [-0.2, -0.15) is 0 Å². The predicted octanol–water partition coefficient (Wildman–Crippen LogP) is 3.74. The molecule has 0 radical (unpaired) electrons. The molecule has 2 aromatic carbocycles. The molecule has 108 valence electrons. The van der Waals surface area contributed by atoms with Crippen LogP contribution in [0.1, 0.15) is 5.56 Å². The minimum atomic E-state index is -0.870. The van der Waals surface area contributed by atoms with Crippen molar-refractivity contribution in [2.75, 3.05) is 11.9 Å². The predicted molar refractivity (Wildman–Crippen MR) is 79.3 cm³/mol. The monoisotopic (exact) mass is 287 g/mol. The van der Waals surface area contributed by atoms with Crippen molar-refractivity contribution in [3.63, 3.8) is 0 Å². The van der Waals surface area contributed by atoms with Gasteiger partial charge in [0.15, 0.2) is 11.6 Å². The number of anilines is 1. The molecule has 3 aromatic rings. The number of imidazole rings is 1. The van der Waals surface area contributed by atoms with Gasteiger partial charge in [-0.05, 0) is 24.6 Å². The van der Waals surface area contributed by atoms with Gasteiger partial charge in [0.1, 0.15) is 0 Å². The summed E-state index contributed by atoms with van der Waals surface area (Å²) in [6, 6.07) is 10.4. The molecule has 0 amide bonds. The molecular weight excluding hydrogens is 272 g/mol. The first-order valence-corrected chi connectivity index (χ1v) is 6.74. The maximum absolute atomic E-state index is 13.3. The van der Waals surface area contributed by atoms with Crippen molar-refractivity contribution in [1.29, 1.82) is 0 Å². The standard InChI is InChI=1S/C16H15F2N3/c1-11-3-2-4-12(7-11)19-5-6-21-10-20-15-8-13(17)14(18)9-16(15)21/h2-4,7-10,19H,5-6H2,1H3. The van der Waals surface area contributed by atoms with Gasteiger partial charge in [-0.25, -0.2) is 13.8 Å². The number of fused-ring (bicyclic) bond motifs is 1. The van der Waals surface area contributed by atoms with Crippen LogP contribution in [0.5, 0.6) is 0 Å². The van der Waals surface area contributed by atoms with Gasteiger partial charge in [-0.15, -0.1) is 0 Å². The molecule has 1 aromatic heterocycles. The van der Waals surface area contributed by atoms with E-state index in [1.165, 1.54) is 11.6 Å². The van der Waals surface area contributed by atoms with Crippen LogP contribution in [0.25, 0.3) is 11.0 Å². The lowest BCUT2D eigenvalue weighted by Gasteiger charge is -2.08. The highest BCUT2D eigenvalue weighted by Gasteiger charge is 2.08. The molecule has 0 aliphatic carbocycles. The van der Waals surface area contributed by atoms with E-state index in [0.717, 1.165) is 11.8 Å². The van der Waals surface area contributed by atoms with E-state index < -0.39 is 11.6 Å². The maximum atomic E-state index is 13.3. The zero-order valence-electron chi connectivity index (χ0n) is 11.6. The summed E-state index contributed by atoms with van der Waals surface area (Å²) in [5, 5.41) is 3.30. The lowest BCUT2D eigenvalue weighted by molar-refractivity contribution is 0.510. The first-order chi connectivity index (χ1) is 10.1. The Labute approximate surface area is 121 Å². The summed E-state index contributed by atoms with van der Waals surface area (Å²) in [6.45, 7) is 3.33. The van der Waals surface area contributed by atoms with Crippen LogP contribution >= 0.6 is 0 Å². The molecular formula is C16H15F2N3. The summed E-state index contributed by atoms with van der Waals surface area (Å²) in [4.78, 5) is 4.09. The molecule has 1 heterocycles. The molecule has 0 fully saturated rings. The lowest BCUT2D eigenvalue weighted by atomic mass is 10.2. The Morgan fingerprint density at radius 1 is 1.14 bits per heavy atom. The van der Waals surface area contributed by atoms with E-state index in [-0.39, 0.29) is 0 Å². The molecule has 0 unspecified atom stereocenters. The molecule has 3 rings (SSSR count). The van der Waals surface area contributed by atoms with Crippen LogP contribution in [0, 0.1) is 18.6 Å². The van der Waals surface area contributed by atoms with Crippen LogP contribution in [0.4, 0.5) is 14.5 Å². The van der Waals surface area contributed by atoms with Crippen LogP contribution in [0.3, 0.4) is 0 Å². The van der Waals surface area contributed by atoms with Gasteiger partial charge in [-0.3, -0.25) is 0 Å². The van der Waals surface area contributed by atoms with Crippen LogP contribution in [-0.2, 0) is 6.54 Å². The molecule has 0 bridgehead atoms. The second-order valence-corrected chi connectivity index (χ2v) is 4.99. The molecule has 0 saturated carbocycles. The average Bonchev–Trinajstić information content (AvgIpc) is 2.82. The van der Waals surface area contributed by atoms with Gasteiger partial charge in [-0.1, -0.05) is 12.1 Å². The van der Waals surface area contributed by atoms with Gasteiger partial charge in [0.2, 0.25) is 0 Å². The van der Waals surface area contributed by atoms with E-state index in [4.69, 9.17) is 0 Å². The number of aromatic nitrogens is 2. The van der Waals surface area contributed by atoms with E-state index in [1.807, 2.05) is 25.1 Å². The number of hydrogen-bond donors (Lipinski definition) is 1. The van der Waals surface area contributed by atoms with Crippen molar-refractivity contribution >= 4 is 16.7 Å². The Bertz CT molecular complexity index is 780. The Morgan fingerprint density at radius 3 is 2.76 bits per heavy atom. The molecule has 3 nitrogen and oxygen atoms in total. The number of benzene rings is 2. The fraction of sp³-hybridized carbons (Fsp3) is 0.188. The lowest BCUT2D eigenvalue weighted by Crippen LogP contribution is -2.09. The summed E-state index contributed by atoms with van der Waals surface area (Å²) in [5.41, 5.74) is 3.28. The third-order valence-corrected chi connectivity index (χ3v) is 3.36. The van der Waals surface area contributed by atoms with Gasteiger partial charge >= 0.3 is 0 Å². The van der Waals surface area contributed by atoms with E-state index in [1.54, 1.807) is 10.9 Å². The second kappa shape index (κ2) is 5.52. The minimum Gasteiger partial charge on any atom is -0.383 e. The molecule has 5 heteroatoms. The molecule has 0 aliphatic rings. The van der Waals surface area contributed by atoms with Crippen LogP contribution < -0.4 is 5.32 Å². The van der Waals surface area contributed by atoms with Crippen molar-refractivity contribution in [1.82, 2.24) is 9.55 Å². The summed E-state index contributed by atoms with van der Waals surface area (Å²) >= 11 is 0. The molecule has 21 heavy (non-hydrogen) atoms. The molecule has 0 spiro atoms. The van der Waals surface area contributed by atoms with E-state index in [9.17, 15) is 8.78 Å². The normalized spacial score (nSPS) is 11.0. The van der Waals surface area contributed by atoms with Gasteiger partial charge in [0.25, 0.3) is 0 Å². The highest BCUT2D eigenvalue weighted by atomic mass is 19.2. The third-order valence-electron chi connectivity index (χ3n) is 3.36. The Hall–Kier alpha value is -2.43. The fourth-order valence-corrected chi connectivity index (χ4v) is 2.31. The number of aryl methyl sites for hydroxylation is 1. The summed E-state index contributed by atoms with van der Waals surface area (Å²) in [5.74, 6) is -1.72. The largest absolute Gasteiger partial charge is 0.383 e. The summed E-state index contributed by atoms with van der Waals surface area (Å²) in [7, 11) is 0. The van der Waals surface area contributed by atoms with Gasteiger partial charge in [0, 0.05) is 30.9 Å². The van der Waals surface area contributed by atoms with E-state index in [2.05, 4.69) is 16.4 Å².